The monoisotopic (exact) mass is 235 g/mol. The summed E-state index contributed by atoms with van der Waals surface area (Å²) in [7, 11) is 1.99. The Kier molecular flexibility index (Phi) is 3.27. The summed E-state index contributed by atoms with van der Waals surface area (Å²) >= 11 is 5.93. The van der Waals surface area contributed by atoms with Gasteiger partial charge in [-0.25, -0.2) is 4.98 Å². The second kappa shape index (κ2) is 4.68. The van der Waals surface area contributed by atoms with Crippen molar-refractivity contribution in [3.63, 3.8) is 0 Å². The fraction of sp³-hybridized carbons (Fsp3) is 0.250. The van der Waals surface area contributed by atoms with Crippen LogP contribution < -0.4 is 5.73 Å². The first-order chi connectivity index (χ1) is 7.70. The molecule has 0 amide bonds. The van der Waals surface area contributed by atoms with Crippen LogP contribution in [-0.2, 0) is 20.0 Å². The van der Waals surface area contributed by atoms with Gasteiger partial charge in [-0.3, -0.25) is 0 Å². The van der Waals surface area contributed by atoms with Crippen molar-refractivity contribution < 1.29 is 0 Å². The highest BCUT2D eigenvalue weighted by atomic mass is 35.5. The van der Waals surface area contributed by atoms with Gasteiger partial charge in [0, 0.05) is 37.4 Å². The van der Waals surface area contributed by atoms with Gasteiger partial charge in [-0.15, -0.1) is 0 Å². The molecule has 2 N–H and O–H groups in total. The van der Waals surface area contributed by atoms with Crippen molar-refractivity contribution in [2.24, 2.45) is 12.8 Å². The number of halogens is 1. The van der Waals surface area contributed by atoms with Crippen molar-refractivity contribution in [3.8, 4) is 0 Å². The SMILES string of the molecule is Cn1ccnc1Cc1ccc(Cl)cc1CN. The second-order valence-corrected chi connectivity index (χ2v) is 4.18. The van der Waals surface area contributed by atoms with Crippen molar-refractivity contribution in [2.45, 2.75) is 13.0 Å². The van der Waals surface area contributed by atoms with E-state index >= 15 is 0 Å². The summed E-state index contributed by atoms with van der Waals surface area (Å²) in [5.41, 5.74) is 7.96. The Hall–Kier alpha value is -1.32. The standard InChI is InChI=1S/C12H14ClN3/c1-16-5-4-15-12(16)7-9-2-3-11(13)6-10(9)8-14/h2-6H,7-8,14H2,1H3. The molecule has 16 heavy (non-hydrogen) atoms. The molecule has 4 heteroatoms. The summed E-state index contributed by atoms with van der Waals surface area (Å²) in [4.78, 5) is 4.30. The van der Waals surface area contributed by atoms with Crippen LogP contribution in [0.2, 0.25) is 5.02 Å². The van der Waals surface area contributed by atoms with Gasteiger partial charge in [0.05, 0.1) is 0 Å². The first-order valence-corrected chi connectivity index (χ1v) is 5.52. The Morgan fingerprint density at radius 3 is 2.81 bits per heavy atom. The maximum atomic E-state index is 5.93. The molecule has 84 valence electrons. The maximum absolute atomic E-state index is 5.93. The van der Waals surface area contributed by atoms with Gasteiger partial charge in [-0.2, -0.15) is 0 Å². The zero-order chi connectivity index (χ0) is 11.5. The van der Waals surface area contributed by atoms with E-state index in [1.165, 1.54) is 5.56 Å². The summed E-state index contributed by atoms with van der Waals surface area (Å²) in [6.45, 7) is 0.500. The Bertz CT molecular complexity index is 491. The first kappa shape index (κ1) is 11.2. The highest BCUT2D eigenvalue weighted by Crippen LogP contribution is 2.18. The van der Waals surface area contributed by atoms with Gasteiger partial charge < -0.3 is 10.3 Å². The van der Waals surface area contributed by atoms with Crippen molar-refractivity contribution in [2.75, 3.05) is 0 Å². The Balaban J connectivity index is 2.31. The maximum Gasteiger partial charge on any atom is 0.112 e. The Morgan fingerprint density at radius 1 is 1.38 bits per heavy atom. The summed E-state index contributed by atoms with van der Waals surface area (Å²) in [6, 6.07) is 5.82. The lowest BCUT2D eigenvalue weighted by molar-refractivity contribution is 0.816. The van der Waals surface area contributed by atoms with E-state index < -0.39 is 0 Å². The molecule has 1 aromatic heterocycles. The number of aromatic nitrogens is 2. The lowest BCUT2D eigenvalue weighted by Gasteiger charge is -2.08. The number of hydrogen-bond donors (Lipinski definition) is 1. The van der Waals surface area contributed by atoms with Crippen LogP contribution in [0.5, 0.6) is 0 Å². The van der Waals surface area contributed by atoms with Crippen molar-refractivity contribution in [3.05, 3.63) is 52.6 Å². The van der Waals surface area contributed by atoms with E-state index in [9.17, 15) is 0 Å². The molecule has 0 spiro atoms. The molecule has 1 aromatic carbocycles. The smallest absolute Gasteiger partial charge is 0.112 e. The molecule has 0 fully saturated rings. The van der Waals surface area contributed by atoms with E-state index in [0.717, 1.165) is 22.8 Å². The third-order valence-electron chi connectivity index (χ3n) is 2.66. The van der Waals surface area contributed by atoms with Crippen LogP contribution in [0.4, 0.5) is 0 Å². The lowest BCUT2D eigenvalue weighted by Crippen LogP contribution is -2.05. The fourth-order valence-corrected chi connectivity index (χ4v) is 1.89. The molecule has 0 radical (unpaired) electrons. The van der Waals surface area contributed by atoms with Crippen LogP contribution in [0.25, 0.3) is 0 Å². The molecule has 0 bridgehead atoms. The molecular weight excluding hydrogens is 222 g/mol. The molecule has 0 aliphatic heterocycles. The molecule has 0 atom stereocenters. The Labute approximate surface area is 99.9 Å². The molecule has 1 heterocycles. The predicted molar refractivity (Wildman–Crippen MR) is 65.4 cm³/mol. The van der Waals surface area contributed by atoms with Gasteiger partial charge in [0.1, 0.15) is 5.82 Å². The lowest BCUT2D eigenvalue weighted by atomic mass is 10.0. The zero-order valence-corrected chi connectivity index (χ0v) is 9.91. The molecule has 0 aliphatic rings. The van der Waals surface area contributed by atoms with Gasteiger partial charge in [-0.1, -0.05) is 17.7 Å². The summed E-state index contributed by atoms with van der Waals surface area (Å²) < 4.78 is 2.01. The van der Waals surface area contributed by atoms with E-state index in [-0.39, 0.29) is 0 Å². The third-order valence-corrected chi connectivity index (χ3v) is 2.89. The number of aryl methyl sites for hydroxylation is 1. The average molecular weight is 236 g/mol. The predicted octanol–water partition coefficient (Wildman–Crippen LogP) is 2.12. The minimum absolute atomic E-state index is 0.500. The van der Waals surface area contributed by atoms with Crippen LogP contribution in [0.15, 0.2) is 30.6 Å². The minimum Gasteiger partial charge on any atom is -0.338 e. The van der Waals surface area contributed by atoms with Gasteiger partial charge in [0.15, 0.2) is 0 Å². The van der Waals surface area contributed by atoms with E-state index in [1.54, 1.807) is 6.20 Å². The number of nitrogens with zero attached hydrogens (tertiary/aromatic N) is 2. The van der Waals surface area contributed by atoms with Gasteiger partial charge in [-0.05, 0) is 23.3 Å². The summed E-state index contributed by atoms with van der Waals surface area (Å²) in [5, 5.41) is 0.726. The number of nitrogens with two attached hydrogens (primary N) is 1. The normalized spacial score (nSPS) is 10.7. The molecule has 2 aromatic rings. The Morgan fingerprint density at radius 2 is 2.19 bits per heavy atom. The van der Waals surface area contributed by atoms with Crippen molar-refractivity contribution >= 4 is 11.6 Å². The zero-order valence-electron chi connectivity index (χ0n) is 9.15. The van der Waals surface area contributed by atoms with Gasteiger partial charge in [0.25, 0.3) is 0 Å². The van der Waals surface area contributed by atoms with Crippen molar-refractivity contribution in [1.82, 2.24) is 9.55 Å². The van der Waals surface area contributed by atoms with Crippen LogP contribution in [0.1, 0.15) is 17.0 Å². The summed E-state index contributed by atoms with van der Waals surface area (Å²) in [6.07, 6.45) is 4.52. The third kappa shape index (κ3) is 2.26. The van der Waals surface area contributed by atoms with Crippen molar-refractivity contribution in [1.29, 1.82) is 0 Å². The molecule has 2 rings (SSSR count). The van der Waals surface area contributed by atoms with E-state index in [0.29, 0.717) is 6.54 Å². The summed E-state index contributed by atoms with van der Waals surface area (Å²) in [5.74, 6) is 1.03. The quantitative estimate of drug-likeness (QED) is 0.886. The van der Waals surface area contributed by atoms with Gasteiger partial charge >= 0.3 is 0 Å². The molecular formula is C12H14ClN3. The topological polar surface area (TPSA) is 43.8 Å². The van der Waals surface area contributed by atoms with Crippen LogP contribution in [0.3, 0.4) is 0 Å². The van der Waals surface area contributed by atoms with E-state index in [2.05, 4.69) is 4.98 Å². The average Bonchev–Trinajstić information content (AvgIpc) is 2.67. The molecule has 0 saturated heterocycles. The number of imidazole rings is 1. The highest BCUT2D eigenvalue weighted by Gasteiger charge is 2.06. The van der Waals surface area contributed by atoms with E-state index in [1.807, 2.05) is 36.0 Å². The van der Waals surface area contributed by atoms with Gasteiger partial charge in [0.2, 0.25) is 0 Å². The largest absolute Gasteiger partial charge is 0.338 e. The van der Waals surface area contributed by atoms with Crippen LogP contribution in [0, 0.1) is 0 Å². The second-order valence-electron chi connectivity index (χ2n) is 3.75. The highest BCUT2D eigenvalue weighted by molar-refractivity contribution is 6.30. The van der Waals surface area contributed by atoms with Crippen LogP contribution >= 0.6 is 11.6 Å². The molecule has 0 saturated carbocycles. The first-order valence-electron chi connectivity index (χ1n) is 5.14. The minimum atomic E-state index is 0.500. The van der Waals surface area contributed by atoms with Crippen LogP contribution in [-0.4, -0.2) is 9.55 Å². The number of benzene rings is 1. The molecule has 0 aliphatic carbocycles. The molecule has 3 nitrogen and oxygen atoms in total. The number of rotatable bonds is 3. The number of hydrogen-bond acceptors (Lipinski definition) is 2. The molecule has 0 unspecified atom stereocenters. The fourth-order valence-electron chi connectivity index (χ4n) is 1.69. The van der Waals surface area contributed by atoms with E-state index in [4.69, 9.17) is 17.3 Å².